The fourth-order valence-electron chi connectivity index (χ4n) is 4.38. The average molecular weight is 603 g/mol. The van der Waals surface area contributed by atoms with Crippen LogP contribution in [0.15, 0.2) is 18.2 Å². The van der Waals surface area contributed by atoms with Crippen molar-refractivity contribution in [1.82, 2.24) is 4.90 Å². The number of methoxy groups -OCH3 is 1. The third kappa shape index (κ3) is 6.97. The van der Waals surface area contributed by atoms with E-state index >= 15 is 0 Å². The Morgan fingerprint density at radius 3 is 2.40 bits per heavy atom. The van der Waals surface area contributed by atoms with Gasteiger partial charge >= 0.3 is 17.8 Å². The van der Waals surface area contributed by atoms with Crippen LogP contribution in [-0.4, -0.2) is 65.8 Å². The van der Waals surface area contributed by atoms with Gasteiger partial charge in [-0.1, -0.05) is 6.07 Å². The van der Waals surface area contributed by atoms with Crippen molar-refractivity contribution in [3.63, 3.8) is 0 Å². The van der Waals surface area contributed by atoms with Gasteiger partial charge in [0.25, 0.3) is 11.8 Å². The lowest BCUT2D eigenvalue weighted by molar-refractivity contribution is -0.161. The molecule has 1 aromatic heterocycles. The fourth-order valence-corrected chi connectivity index (χ4v) is 5.52. The summed E-state index contributed by atoms with van der Waals surface area (Å²) in [5.74, 6) is -3.54. The molecule has 12 nitrogen and oxygen atoms in total. The van der Waals surface area contributed by atoms with Crippen LogP contribution in [0.3, 0.4) is 0 Å². The maximum Gasteiger partial charge on any atom is 0.397 e. The molecule has 0 spiro atoms. The Labute approximate surface area is 247 Å². The zero-order chi connectivity index (χ0) is 31.0. The van der Waals surface area contributed by atoms with Crippen molar-refractivity contribution in [2.24, 2.45) is 0 Å². The second-order valence-electron chi connectivity index (χ2n) is 11.8. The molecule has 1 unspecified atom stereocenters. The van der Waals surface area contributed by atoms with Crippen LogP contribution < -0.4 is 10.1 Å². The molecule has 3 heterocycles. The number of esters is 2. The van der Waals surface area contributed by atoms with Gasteiger partial charge in [-0.3, -0.25) is 19.3 Å². The Morgan fingerprint density at radius 2 is 1.76 bits per heavy atom. The number of imide groups is 1. The van der Waals surface area contributed by atoms with Crippen LogP contribution in [0, 0.1) is 0 Å². The van der Waals surface area contributed by atoms with Crippen molar-refractivity contribution in [3.05, 3.63) is 45.3 Å². The molecule has 3 amide bonds. The van der Waals surface area contributed by atoms with E-state index in [1.54, 1.807) is 59.7 Å². The number of hydrogen-bond acceptors (Lipinski definition) is 11. The Kier molecular flexibility index (Phi) is 8.76. The van der Waals surface area contributed by atoms with Crippen LogP contribution in [-0.2, 0) is 52.9 Å². The van der Waals surface area contributed by atoms with Gasteiger partial charge in [0.1, 0.15) is 28.1 Å². The van der Waals surface area contributed by atoms with Crippen molar-refractivity contribution in [2.75, 3.05) is 19.2 Å². The Morgan fingerprint density at radius 1 is 1.07 bits per heavy atom. The predicted molar refractivity (Wildman–Crippen MR) is 150 cm³/mol. The summed E-state index contributed by atoms with van der Waals surface area (Å²) >= 11 is 1.04. The number of carbonyl (C=O) groups is 5. The standard InChI is InChI=1S/C29H34N2O10S/c1-28(2,3)40-26(35)21-18-11-19(38-13-20(18)42-23(21)30-22(32)27(36)41-29(4,5)6)25(34)31-12-15-8-9-16(39-14-37-7)10-17(15)24(31)33/h8-10,19H,11-14H2,1-7H3,(H,30,32). The van der Waals surface area contributed by atoms with Gasteiger partial charge in [0.2, 0.25) is 0 Å². The summed E-state index contributed by atoms with van der Waals surface area (Å²) < 4.78 is 26.9. The van der Waals surface area contributed by atoms with Gasteiger partial charge in [0, 0.05) is 24.0 Å². The number of carbonyl (C=O) groups excluding carboxylic acids is 5. The smallest absolute Gasteiger partial charge is 0.397 e. The van der Waals surface area contributed by atoms with Gasteiger partial charge in [-0.2, -0.15) is 0 Å². The van der Waals surface area contributed by atoms with E-state index in [0.29, 0.717) is 27.3 Å². The van der Waals surface area contributed by atoms with Gasteiger partial charge in [-0.25, -0.2) is 9.59 Å². The second kappa shape index (κ2) is 11.8. The zero-order valence-electron chi connectivity index (χ0n) is 24.6. The minimum Gasteiger partial charge on any atom is -0.468 e. The third-order valence-corrected chi connectivity index (χ3v) is 7.20. The number of nitrogens with zero attached hydrogens (tertiary/aromatic N) is 1. The minimum atomic E-state index is -1.11. The van der Waals surface area contributed by atoms with Crippen molar-refractivity contribution in [1.29, 1.82) is 0 Å². The first-order valence-corrected chi connectivity index (χ1v) is 14.0. The van der Waals surface area contributed by atoms with Crippen LogP contribution in [0.5, 0.6) is 5.75 Å². The minimum absolute atomic E-state index is 0.00864. The fraction of sp³-hybridized carbons (Fsp3) is 0.483. The van der Waals surface area contributed by atoms with Crippen molar-refractivity contribution >= 4 is 46.0 Å². The predicted octanol–water partition coefficient (Wildman–Crippen LogP) is 3.59. The molecule has 2 aliphatic rings. The highest BCUT2D eigenvalue weighted by Gasteiger charge is 2.41. The maximum atomic E-state index is 13.5. The summed E-state index contributed by atoms with van der Waals surface area (Å²) in [6.45, 7) is 9.97. The summed E-state index contributed by atoms with van der Waals surface area (Å²) in [6, 6.07) is 4.96. The molecular weight excluding hydrogens is 568 g/mol. The monoisotopic (exact) mass is 602 g/mol. The first-order chi connectivity index (χ1) is 19.6. The topological polar surface area (TPSA) is 147 Å². The molecule has 2 aromatic rings. The average Bonchev–Trinajstić information content (AvgIpc) is 3.41. The van der Waals surface area contributed by atoms with E-state index < -0.39 is 47.0 Å². The van der Waals surface area contributed by atoms with Crippen LogP contribution in [0.4, 0.5) is 5.00 Å². The molecule has 0 saturated carbocycles. The number of ether oxygens (including phenoxy) is 5. The number of rotatable bonds is 6. The van der Waals surface area contributed by atoms with E-state index in [1.807, 2.05) is 0 Å². The quantitative estimate of drug-likeness (QED) is 0.225. The van der Waals surface area contributed by atoms with Crippen LogP contribution in [0.1, 0.15) is 78.3 Å². The molecule has 1 aromatic carbocycles. The number of nitrogens with one attached hydrogen (secondary N) is 1. The van der Waals surface area contributed by atoms with Gasteiger partial charge in [0.15, 0.2) is 6.79 Å². The highest BCUT2D eigenvalue weighted by Crippen LogP contribution is 2.40. The third-order valence-electron chi connectivity index (χ3n) is 6.08. The Hall–Kier alpha value is -3.81. The molecule has 2 aliphatic heterocycles. The first-order valence-electron chi connectivity index (χ1n) is 13.2. The first kappa shape index (κ1) is 31.1. The number of hydrogen-bond donors (Lipinski definition) is 1. The summed E-state index contributed by atoms with van der Waals surface area (Å²) in [5, 5.41) is 2.55. The highest BCUT2D eigenvalue weighted by atomic mass is 32.1. The van der Waals surface area contributed by atoms with Gasteiger partial charge in [-0.15, -0.1) is 11.3 Å². The molecule has 0 bridgehead atoms. The van der Waals surface area contributed by atoms with E-state index in [-0.39, 0.29) is 36.9 Å². The van der Waals surface area contributed by atoms with Gasteiger partial charge < -0.3 is 29.0 Å². The summed E-state index contributed by atoms with van der Waals surface area (Å²) in [7, 11) is 1.48. The van der Waals surface area contributed by atoms with E-state index in [1.165, 1.54) is 7.11 Å². The number of amides is 3. The van der Waals surface area contributed by atoms with Crippen molar-refractivity contribution < 1.29 is 47.7 Å². The van der Waals surface area contributed by atoms with Crippen molar-refractivity contribution in [2.45, 2.75) is 78.4 Å². The van der Waals surface area contributed by atoms with Gasteiger partial charge in [0.05, 0.1) is 18.7 Å². The Balaban J connectivity index is 1.58. The van der Waals surface area contributed by atoms with E-state index in [0.717, 1.165) is 16.2 Å². The Bertz CT molecular complexity index is 1430. The maximum absolute atomic E-state index is 13.5. The second-order valence-corrected chi connectivity index (χ2v) is 12.9. The molecule has 0 aliphatic carbocycles. The lowest BCUT2D eigenvalue weighted by atomic mass is 9.99. The molecule has 42 heavy (non-hydrogen) atoms. The van der Waals surface area contributed by atoms with Crippen molar-refractivity contribution in [3.8, 4) is 5.75 Å². The summed E-state index contributed by atoms with van der Waals surface area (Å²) in [5.41, 5.74) is -0.295. The molecule has 1 N–H and O–H groups in total. The molecule has 1 atom stereocenters. The zero-order valence-corrected chi connectivity index (χ0v) is 25.4. The van der Waals surface area contributed by atoms with Crippen LogP contribution >= 0.6 is 11.3 Å². The lowest BCUT2D eigenvalue weighted by Crippen LogP contribution is -2.43. The molecule has 0 radical (unpaired) electrons. The van der Waals surface area contributed by atoms with Crippen LogP contribution in [0.25, 0.3) is 0 Å². The molecule has 226 valence electrons. The largest absolute Gasteiger partial charge is 0.468 e. The van der Waals surface area contributed by atoms with E-state index in [9.17, 15) is 24.0 Å². The van der Waals surface area contributed by atoms with Crippen LogP contribution in [0.2, 0.25) is 0 Å². The normalized spacial score (nSPS) is 16.4. The van der Waals surface area contributed by atoms with Gasteiger partial charge in [-0.05, 0) is 64.8 Å². The van der Waals surface area contributed by atoms with E-state index in [2.05, 4.69) is 5.32 Å². The molecule has 4 rings (SSSR count). The molecular formula is C29H34N2O10S. The number of thiophene rings is 1. The summed E-state index contributed by atoms with van der Waals surface area (Å²) in [4.78, 5) is 66.7. The highest BCUT2D eigenvalue weighted by molar-refractivity contribution is 7.17. The SMILES string of the molecule is COCOc1ccc2c(c1)C(=O)N(C(=O)C1Cc3c(sc(NC(=O)C(=O)OC(C)(C)C)c3C(=O)OC(C)(C)C)CO1)C2. The number of benzene rings is 1. The number of anilines is 1. The molecule has 0 fully saturated rings. The lowest BCUT2D eigenvalue weighted by Gasteiger charge is -2.26. The molecule has 0 saturated heterocycles. The number of fused-ring (bicyclic) bond motifs is 2. The molecule has 13 heteroatoms. The summed E-state index contributed by atoms with van der Waals surface area (Å²) in [6.07, 6.45) is -1.13. The van der Waals surface area contributed by atoms with E-state index in [4.69, 9.17) is 23.7 Å².